The van der Waals surface area contributed by atoms with Gasteiger partial charge in [0, 0.05) is 11.5 Å². The first-order valence-electron chi connectivity index (χ1n) is 12.4. The van der Waals surface area contributed by atoms with Gasteiger partial charge in [0.05, 0.1) is 22.3 Å². The van der Waals surface area contributed by atoms with Crippen LogP contribution in [0.1, 0.15) is 79.1 Å². The molecule has 184 valence electrons. The number of rotatable bonds is 14. The van der Waals surface area contributed by atoms with Gasteiger partial charge < -0.3 is 19.7 Å². The van der Waals surface area contributed by atoms with E-state index in [9.17, 15) is 19.8 Å². The van der Waals surface area contributed by atoms with Crippen molar-refractivity contribution in [1.29, 1.82) is 0 Å². The second-order valence-electron chi connectivity index (χ2n) is 11.2. The number of carboxylic acid groups (broad SMARTS) is 2. The van der Waals surface area contributed by atoms with E-state index in [0.717, 1.165) is 61.6 Å². The fourth-order valence-corrected chi connectivity index (χ4v) is 4.90. The van der Waals surface area contributed by atoms with Crippen LogP contribution in [0.2, 0.25) is 0 Å². The Balaban J connectivity index is 1.23. The molecule has 6 heteroatoms. The lowest BCUT2D eigenvalue weighted by atomic mass is 9.86. The van der Waals surface area contributed by atoms with Gasteiger partial charge in [0.25, 0.3) is 0 Å². The van der Waals surface area contributed by atoms with Crippen LogP contribution in [0.15, 0.2) is 58.5 Å². The minimum atomic E-state index is -0.738. The third kappa shape index (κ3) is 4.73. The van der Waals surface area contributed by atoms with Crippen molar-refractivity contribution in [3.63, 3.8) is 0 Å². The Hall–Kier alpha value is -2.76. The summed E-state index contributed by atoms with van der Waals surface area (Å²) in [7, 11) is 0. The van der Waals surface area contributed by atoms with Crippen molar-refractivity contribution in [3.8, 4) is 0 Å². The number of aliphatic carboxylic acids is 2. The Labute approximate surface area is 201 Å². The van der Waals surface area contributed by atoms with Crippen LogP contribution in [0, 0.1) is 22.7 Å². The van der Waals surface area contributed by atoms with Gasteiger partial charge in [0.1, 0.15) is 23.0 Å². The van der Waals surface area contributed by atoms with Crippen molar-refractivity contribution in [2.75, 3.05) is 0 Å². The number of allylic oxidation sites excluding steroid dienone is 4. The summed E-state index contributed by atoms with van der Waals surface area (Å²) in [5.41, 5.74) is 1.13. The van der Waals surface area contributed by atoms with Crippen molar-refractivity contribution in [1.82, 2.24) is 0 Å². The summed E-state index contributed by atoms with van der Waals surface area (Å²) < 4.78 is 11.6. The van der Waals surface area contributed by atoms with E-state index in [0.29, 0.717) is 18.8 Å². The number of hydrogen-bond donors (Lipinski definition) is 2. The van der Waals surface area contributed by atoms with E-state index in [1.807, 2.05) is 0 Å². The number of carbonyl (C=O) groups is 2. The summed E-state index contributed by atoms with van der Waals surface area (Å²) in [5, 5.41) is 18.5. The molecule has 0 fully saturated rings. The summed E-state index contributed by atoms with van der Waals surface area (Å²) in [6, 6.07) is 0. The van der Waals surface area contributed by atoms with E-state index in [4.69, 9.17) is 9.47 Å². The number of carboxylic acids is 2. The molecule has 2 unspecified atom stereocenters. The van der Waals surface area contributed by atoms with Crippen molar-refractivity contribution in [2.45, 2.75) is 79.1 Å². The lowest BCUT2D eigenvalue weighted by Gasteiger charge is -2.24. The monoisotopic (exact) mass is 468 g/mol. The van der Waals surface area contributed by atoms with Gasteiger partial charge in [-0.2, -0.15) is 0 Å². The minimum Gasteiger partial charge on any atom is -0.481 e. The molecule has 0 spiro atoms. The summed E-state index contributed by atoms with van der Waals surface area (Å²) in [4.78, 5) is 22.5. The highest BCUT2D eigenvalue weighted by molar-refractivity contribution is 5.73. The van der Waals surface area contributed by atoms with Gasteiger partial charge in [-0.1, -0.05) is 31.4 Å². The van der Waals surface area contributed by atoms with Gasteiger partial charge in [-0.05, 0) is 72.0 Å². The Morgan fingerprint density at radius 1 is 0.882 bits per heavy atom. The maximum Gasteiger partial charge on any atom is 0.309 e. The van der Waals surface area contributed by atoms with E-state index in [1.165, 1.54) is 11.1 Å². The molecule has 0 aromatic heterocycles. The molecule has 0 amide bonds. The zero-order valence-corrected chi connectivity index (χ0v) is 20.6. The van der Waals surface area contributed by atoms with Gasteiger partial charge in [0.15, 0.2) is 0 Å². The van der Waals surface area contributed by atoms with Crippen LogP contribution < -0.4 is 0 Å². The molecule has 2 N–H and O–H groups in total. The first-order chi connectivity index (χ1) is 16.0. The number of fused-ring (bicyclic) bond motifs is 2. The van der Waals surface area contributed by atoms with Crippen LogP contribution in [0.5, 0.6) is 0 Å². The van der Waals surface area contributed by atoms with Gasteiger partial charge >= 0.3 is 11.9 Å². The van der Waals surface area contributed by atoms with Crippen LogP contribution in [-0.2, 0) is 19.1 Å². The average Bonchev–Trinajstić information content (AvgIpc) is 3.49. The second kappa shape index (κ2) is 9.12. The lowest BCUT2D eigenvalue weighted by molar-refractivity contribution is -0.148. The minimum absolute atomic E-state index is 0.172. The molecule has 2 aliphatic carbocycles. The molecule has 4 aliphatic heterocycles. The topological polar surface area (TPSA) is 93.1 Å². The molecule has 0 aromatic rings. The quantitative estimate of drug-likeness (QED) is 0.283. The van der Waals surface area contributed by atoms with Crippen molar-refractivity contribution < 1.29 is 29.3 Å². The maximum atomic E-state index is 11.2. The SMILES string of the molecule is CC(C)(CCCCC1=C2OC1=CC2C=CC1=C2OC1=CC2CCCCC(C)(C)C(=O)O)C(=O)O. The molecule has 2 atom stereocenters. The number of ether oxygens (including phenoxy) is 2. The lowest BCUT2D eigenvalue weighted by Crippen LogP contribution is -2.23. The van der Waals surface area contributed by atoms with Crippen LogP contribution in [0.3, 0.4) is 0 Å². The van der Waals surface area contributed by atoms with E-state index in [1.54, 1.807) is 27.7 Å². The molecule has 4 heterocycles. The number of hydrogen-bond acceptors (Lipinski definition) is 4. The molecule has 6 nitrogen and oxygen atoms in total. The van der Waals surface area contributed by atoms with Crippen molar-refractivity contribution in [2.24, 2.45) is 22.7 Å². The average molecular weight is 469 g/mol. The smallest absolute Gasteiger partial charge is 0.309 e. The van der Waals surface area contributed by atoms with Crippen molar-refractivity contribution in [3.05, 3.63) is 58.5 Å². The molecular weight excluding hydrogens is 432 g/mol. The molecule has 6 aliphatic rings. The van der Waals surface area contributed by atoms with Gasteiger partial charge in [-0.15, -0.1) is 0 Å². The fraction of sp³-hybridized carbons (Fsp3) is 0.571. The van der Waals surface area contributed by atoms with E-state index in [-0.39, 0.29) is 5.92 Å². The Bertz CT molecular complexity index is 1030. The third-order valence-electron chi connectivity index (χ3n) is 7.56. The summed E-state index contributed by atoms with van der Waals surface area (Å²) in [5.74, 6) is 3.01. The molecule has 0 aromatic carbocycles. The van der Waals surface area contributed by atoms with E-state index >= 15 is 0 Å². The molecule has 34 heavy (non-hydrogen) atoms. The summed E-state index contributed by atoms with van der Waals surface area (Å²) in [6.07, 6.45) is 15.7. The Morgan fingerprint density at radius 3 is 2.15 bits per heavy atom. The Morgan fingerprint density at radius 2 is 1.50 bits per heavy atom. The second-order valence-corrected chi connectivity index (χ2v) is 11.2. The Kier molecular flexibility index (Phi) is 6.54. The predicted octanol–water partition coefficient (Wildman–Crippen LogP) is 6.48. The zero-order chi connectivity index (χ0) is 24.7. The fourth-order valence-electron chi connectivity index (χ4n) is 4.90. The van der Waals surface area contributed by atoms with Crippen LogP contribution in [0.25, 0.3) is 0 Å². The van der Waals surface area contributed by atoms with Crippen LogP contribution in [0.4, 0.5) is 0 Å². The van der Waals surface area contributed by atoms with Crippen molar-refractivity contribution >= 4 is 11.9 Å². The van der Waals surface area contributed by atoms with Crippen LogP contribution >= 0.6 is 0 Å². The molecule has 0 saturated heterocycles. The molecular formula is C28H36O6. The normalized spacial score (nSPS) is 22.8. The predicted molar refractivity (Wildman–Crippen MR) is 128 cm³/mol. The molecule has 0 radical (unpaired) electrons. The number of unbranched alkanes of at least 4 members (excludes halogenated alkanes) is 2. The summed E-state index contributed by atoms with van der Waals surface area (Å²) >= 11 is 0. The van der Waals surface area contributed by atoms with Gasteiger partial charge in [-0.25, -0.2) is 0 Å². The van der Waals surface area contributed by atoms with Gasteiger partial charge in [-0.3, -0.25) is 9.59 Å². The van der Waals surface area contributed by atoms with E-state index in [2.05, 4.69) is 24.3 Å². The largest absolute Gasteiger partial charge is 0.481 e. The first-order valence-corrected chi connectivity index (χ1v) is 12.4. The maximum absolute atomic E-state index is 11.2. The molecule has 0 saturated carbocycles. The third-order valence-corrected chi connectivity index (χ3v) is 7.56. The standard InChI is InChI=1S/C28H36O6/c1-27(2,25(29)30)13-7-5-9-17-15-22-20(23(17)34-22)12-11-18-16-21-19(24(18)33-21)10-6-8-14-28(3,4)26(31)32/h11-12,15-18H,5-10,13-14H2,1-4H3,(H,29,30)(H,31,32). The van der Waals surface area contributed by atoms with Crippen LogP contribution in [-0.4, -0.2) is 22.2 Å². The van der Waals surface area contributed by atoms with Gasteiger partial charge in [0.2, 0.25) is 0 Å². The highest BCUT2D eigenvalue weighted by atomic mass is 16.5. The molecule has 4 bridgehead atoms. The highest BCUT2D eigenvalue weighted by Gasteiger charge is 2.40. The zero-order valence-electron chi connectivity index (χ0n) is 20.6. The van der Waals surface area contributed by atoms with E-state index < -0.39 is 22.8 Å². The molecule has 6 rings (SSSR count). The first kappa shape index (κ1) is 24.4. The summed E-state index contributed by atoms with van der Waals surface area (Å²) in [6.45, 7) is 7.13. The highest BCUT2D eigenvalue weighted by Crippen LogP contribution is 2.49.